The van der Waals surface area contributed by atoms with Crippen LogP contribution in [-0.4, -0.2) is 16.1 Å². The van der Waals surface area contributed by atoms with E-state index in [1.807, 2.05) is 0 Å². The Kier molecular flexibility index (Phi) is 3.24. The Morgan fingerprint density at radius 2 is 2.25 bits per heavy atom. The number of pyridine rings is 1. The summed E-state index contributed by atoms with van der Waals surface area (Å²) in [6, 6.07) is 2.58. The monoisotopic (exact) mass is 337 g/mol. The summed E-state index contributed by atoms with van der Waals surface area (Å²) in [5.41, 5.74) is 2.33. The van der Waals surface area contributed by atoms with Crippen molar-refractivity contribution >= 4 is 32.8 Å². The van der Waals surface area contributed by atoms with Crippen molar-refractivity contribution in [3.63, 3.8) is 0 Å². The molecule has 1 N–H and O–H groups in total. The average Bonchev–Trinajstić information content (AvgIpc) is 2.36. The zero-order valence-corrected chi connectivity index (χ0v) is 12.5. The standard InChI is InChI=1S/C15H13BrFNO2/c1-7-2-3-12-9(4-7)13(15(19)20)10-5-8(17)6-11(16)14(10)18-12/h5-7H,2-4H2,1H3,(H,19,20). The number of halogens is 2. The highest BCUT2D eigenvalue weighted by Gasteiger charge is 2.26. The minimum absolute atomic E-state index is 0.205. The van der Waals surface area contributed by atoms with Crippen LogP contribution in [0.25, 0.3) is 10.9 Å². The molecule has 20 heavy (non-hydrogen) atoms. The molecule has 5 heteroatoms. The third-order valence-corrected chi connectivity index (χ3v) is 4.44. The number of aromatic carboxylic acids is 1. The Hall–Kier alpha value is -1.49. The van der Waals surface area contributed by atoms with Crippen molar-refractivity contribution in [3.05, 3.63) is 39.2 Å². The van der Waals surface area contributed by atoms with Crippen molar-refractivity contribution in [2.75, 3.05) is 0 Å². The minimum Gasteiger partial charge on any atom is -0.478 e. The number of carboxylic acids is 1. The second kappa shape index (κ2) is 4.81. The smallest absolute Gasteiger partial charge is 0.336 e. The molecule has 1 aromatic heterocycles. The summed E-state index contributed by atoms with van der Waals surface area (Å²) in [4.78, 5) is 16.2. The lowest BCUT2D eigenvalue weighted by molar-refractivity contribution is 0.0697. The van der Waals surface area contributed by atoms with Gasteiger partial charge in [0.1, 0.15) is 5.82 Å². The van der Waals surface area contributed by atoms with Crippen LogP contribution in [0.15, 0.2) is 16.6 Å². The number of benzene rings is 1. The first-order chi connectivity index (χ1) is 9.47. The second-order valence-electron chi connectivity index (χ2n) is 5.35. The number of fused-ring (bicyclic) bond motifs is 2. The van der Waals surface area contributed by atoms with E-state index in [1.54, 1.807) is 0 Å². The molecule has 0 fully saturated rings. The number of nitrogens with zero attached hydrogens (tertiary/aromatic N) is 1. The van der Waals surface area contributed by atoms with Gasteiger partial charge in [0.05, 0.1) is 11.1 Å². The van der Waals surface area contributed by atoms with Gasteiger partial charge >= 0.3 is 5.97 Å². The fraction of sp³-hybridized carbons (Fsp3) is 0.333. The van der Waals surface area contributed by atoms with E-state index >= 15 is 0 Å². The fourth-order valence-corrected chi connectivity index (χ4v) is 3.40. The van der Waals surface area contributed by atoms with Gasteiger partial charge in [-0.1, -0.05) is 6.92 Å². The molecular formula is C15H13BrFNO2. The maximum atomic E-state index is 13.6. The fourth-order valence-electron chi connectivity index (χ4n) is 2.88. The van der Waals surface area contributed by atoms with Crippen LogP contribution in [0.2, 0.25) is 0 Å². The summed E-state index contributed by atoms with van der Waals surface area (Å²) in [5, 5.41) is 9.91. The summed E-state index contributed by atoms with van der Waals surface area (Å²) in [6.45, 7) is 2.10. The third kappa shape index (κ3) is 2.10. The van der Waals surface area contributed by atoms with Crippen LogP contribution >= 0.6 is 15.9 Å². The Bertz CT molecular complexity index is 730. The van der Waals surface area contributed by atoms with Gasteiger partial charge in [0.15, 0.2) is 0 Å². The molecule has 1 atom stereocenters. The van der Waals surface area contributed by atoms with Crippen LogP contribution in [-0.2, 0) is 12.8 Å². The number of hydrogen-bond acceptors (Lipinski definition) is 2. The van der Waals surface area contributed by atoms with Crippen LogP contribution in [0.1, 0.15) is 35.0 Å². The molecule has 0 spiro atoms. The molecule has 3 rings (SSSR count). The van der Waals surface area contributed by atoms with E-state index in [0.29, 0.717) is 27.7 Å². The van der Waals surface area contributed by atoms with Gasteiger partial charge in [0.2, 0.25) is 0 Å². The highest BCUT2D eigenvalue weighted by molar-refractivity contribution is 9.10. The lowest BCUT2D eigenvalue weighted by atomic mass is 9.84. The largest absolute Gasteiger partial charge is 0.478 e. The van der Waals surface area contributed by atoms with Crippen molar-refractivity contribution in [3.8, 4) is 0 Å². The van der Waals surface area contributed by atoms with Crippen LogP contribution in [0, 0.1) is 11.7 Å². The lowest BCUT2D eigenvalue weighted by Gasteiger charge is -2.23. The third-order valence-electron chi connectivity index (χ3n) is 3.83. The predicted molar refractivity (Wildman–Crippen MR) is 77.5 cm³/mol. The van der Waals surface area contributed by atoms with E-state index < -0.39 is 11.8 Å². The van der Waals surface area contributed by atoms with Crippen LogP contribution < -0.4 is 0 Å². The van der Waals surface area contributed by atoms with E-state index in [0.717, 1.165) is 24.1 Å². The molecular weight excluding hydrogens is 325 g/mol. The molecule has 1 unspecified atom stereocenters. The van der Waals surface area contributed by atoms with Crippen molar-refractivity contribution in [2.45, 2.75) is 26.2 Å². The van der Waals surface area contributed by atoms with Crippen LogP contribution in [0.5, 0.6) is 0 Å². The SMILES string of the molecule is CC1CCc2nc3c(Br)cc(F)cc3c(C(=O)O)c2C1. The van der Waals surface area contributed by atoms with E-state index in [4.69, 9.17) is 0 Å². The van der Waals surface area contributed by atoms with Crippen molar-refractivity contribution < 1.29 is 14.3 Å². The Morgan fingerprint density at radius 1 is 1.50 bits per heavy atom. The number of hydrogen-bond donors (Lipinski definition) is 1. The van der Waals surface area contributed by atoms with Gasteiger partial charge in [-0.3, -0.25) is 4.98 Å². The molecule has 1 aromatic carbocycles. The maximum Gasteiger partial charge on any atom is 0.336 e. The normalized spacial score (nSPS) is 18.1. The highest BCUT2D eigenvalue weighted by atomic mass is 79.9. The molecule has 0 aliphatic heterocycles. The van der Waals surface area contributed by atoms with Gasteiger partial charge in [-0.15, -0.1) is 0 Å². The van der Waals surface area contributed by atoms with Crippen molar-refractivity contribution in [1.29, 1.82) is 0 Å². The molecule has 0 saturated heterocycles. The van der Waals surface area contributed by atoms with Crippen molar-refractivity contribution in [2.24, 2.45) is 5.92 Å². The highest BCUT2D eigenvalue weighted by Crippen LogP contribution is 2.34. The topological polar surface area (TPSA) is 50.2 Å². The Balaban J connectivity index is 2.42. The first-order valence-corrected chi connectivity index (χ1v) is 7.30. The molecule has 1 heterocycles. The quantitative estimate of drug-likeness (QED) is 0.856. The summed E-state index contributed by atoms with van der Waals surface area (Å²) >= 11 is 3.28. The van der Waals surface area contributed by atoms with Gasteiger partial charge in [0.25, 0.3) is 0 Å². The maximum absolute atomic E-state index is 13.6. The number of carbonyl (C=O) groups is 1. The molecule has 0 amide bonds. The first-order valence-electron chi connectivity index (χ1n) is 6.51. The number of aromatic nitrogens is 1. The van der Waals surface area contributed by atoms with Crippen molar-refractivity contribution in [1.82, 2.24) is 4.98 Å². The summed E-state index contributed by atoms with van der Waals surface area (Å²) in [7, 11) is 0. The van der Waals surface area contributed by atoms with E-state index in [2.05, 4.69) is 27.8 Å². The molecule has 0 bridgehead atoms. The van der Waals surface area contributed by atoms with Gasteiger partial charge < -0.3 is 5.11 Å². The molecule has 0 saturated carbocycles. The zero-order chi connectivity index (χ0) is 14.4. The number of aryl methyl sites for hydroxylation is 1. The van der Waals surface area contributed by atoms with Gasteiger partial charge in [0, 0.05) is 15.6 Å². The minimum atomic E-state index is -1.01. The Morgan fingerprint density at radius 3 is 2.95 bits per heavy atom. The van der Waals surface area contributed by atoms with Gasteiger partial charge in [-0.25, -0.2) is 9.18 Å². The summed E-state index contributed by atoms with van der Waals surface area (Å²) in [6.07, 6.45) is 2.47. The zero-order valence-electron chi connectivity index (χ0n) is 10.9. The van der Waals surface area contributed by atoms with E-state index in [-0.39, 0.29) is 5.56 Å². The average molecular weight is 338 g/mol. The van der Waals surface area contributed by atoms with Gasteiger partial charge in [-0.05, 0) is 58.8 Å². The predicted octanol–water partition coefficient (Wildman–Crippen LogP) is 3.96. The van der Waals surface area contributed by atoms with E-state index in [9.17, 15) is 14.3 Å². The molecule has 1 aliphatic carbocycles. The Labute approximate surface area is 124 Å². The summed E-state index contributed by atoms with van der Waals surface area (Å²) in [5.74, 6) is -1.05. The van der Waals surface area contributed by atoms with Crippen LogP contribution in [0.3, 0.4) is 0 Å². The van der Waals surface area contributed by atoms with Gasteiger partial charge in [-0.2, -0.15) is 0 Å². The molecule has 1 aliphatic rings. The summed E-state index contributed by atoms with van der Waals surface area (Å²) < 4.78 is 14.1. The first kappa shape index (κ1) is 13.5. The lowest BCUT2D eigenvalue weighted by Crippen LogP contribution is -2.18. The molecule has 2 aromatic rings. The second-order valence-corrected chi connectivity index (χ2v) is 6.20. The van der Waals surface area contributed by atoms with Crippen LogP contribution in [0.4, 0.5) is 4.39 Å². The molecule has 0 radical (unpaired) electrons. The number of rotatable bonds is 1. The number of carboxylic acid groups (broad SMARTS) is 1. The molecule has 3 nitrogen and oxygen atoms in total. The van der Waals surface area contributed by atoms with E-state index in [1.165, 1.54) is 12.1 Å². The molecule has 104 valence electrons.